The number of thioether (sulfide) groups is 1. The Balaban J connectivity index is 1.78. The molecule has 10 heteroatoms. The molecular weight excluding hydrogens is 574 g/mol. The molecule has 162 valence electrons. The molecule has 0 spiro atoms. The molecular formula is C21H16Br2ClNO5S. The number of halogens is 3. The molecule has 2 aromatic carbocycles. The highest BCUT2D eigenvalue weighted by Gasteiger charge is 2.41. The molecule has 0 bridgehead atoms. The highest BCUT2D eigenvalue weighted by molar-refractivity contribution is 9.10. The second-order valence-corrected chi connectivity index (χ2v) is 9.65. The Morgan fingerprint density at radius 3 is 2.52 bits per heavy atom. The molecule has 1 saturated heterocycles. The number of hydrogen-bond acceptors (Lipinski definition) is 6. The van der Waals surface area contributed by atoms with Gasteiger partial charge in [0.2, 0.25) is 0 Å². The van der Waals surface area contributed by atoms with E-state index in [0.717, 1.165) is 26.7 Å². The van der Waals surface area contributed by atoms with E-state index in [1.165, 1.54) is 14.0 Å². The van der Waals surface area contributed by atoms with Crippen molar-refractivity contribution in [3.63, 3.8) is 0 Å². The van der Waals surface area contributed by atoms with E-state index >= 15 is 0 Å². The number of nitrogens with zero attached hydrogens (tertiary/aromatic N) is 1. The van der Waals surface area contributed by atoms with Gasteiger partial charge in [-0.05, 0) is 76.1 Å². The lowest BCUT2D eigenvalue weighted by Gasteiger charge is -2.18. The molecule has 1 aliphatic heterocycles. The quantitative estimate of drug-likeness (QED) is 0.302. The van der Waals surface area contributed by atoms with Crippen molar-refractivity contribution in [2.75, 3.05) is 7.11 Å². The van der Waals surface area contributed by atoms with E-state index in [1.807, 2.05) is 24.3 Å². The van der Waals surface area contributed by atoms with Crippen LogP contribution in [0.15, 0.2) is 50.2 Å². The number of rotatable bonds is 6. The van der Waals surface area contributed by atoms with Crippen LogP contribution in [0.3, 0.4) is 0 Å². The summed E-state index contributed by atoms with van der Waals surface area (Å²) in [4.78, 5) is 37.7. The van der Waals surface area contributed by atoms with Crippen molar-refractivity contribution in [1.82, 2.24) is 4.90 Å². The Morgan fingerprint density at radius 1 is 1.23 bits per heavy atom. The van der Waals surface area contributed by atoms with E-state index in [-0.39, 0.29) is 4.91 Å². The molecule has 0 N–H and O–H groups in total. The van der Waals surface area contributed by atoms with Crippen LogP contribution in [-0.2, 0) is 20.9 Å². The van der Waals surface area contributed by atoms with E-state index in [0.29, 0.717) is 27.4 Å². The lowest BCUT2D eigenvalue weighted by molar-refractivity contribution is -0.148. The maximum atomic E-state index is 12.6. The molecule has 2 amide bonds. The number of hydrogen-bond donors (Lipinski definition) is 0. The number of carbonyl (C=O) groups is 3. The Kier molecular flexibility index (Phi) is 7.85. The average Bonchev–Trinajstić information content (AvgIpc) is 3.00. The van der Waals surface area contributed by atoms with Crippen LogP contribution in [0.5, 0.6) is 5.75 Å². The molecule has 3 rings (SSSR count). The number of ether oxygens (including phenoxy) is 2. The van der Waals surface area contributed by atoms with Gasteiger partial charge in [-0.2, -0.15) is 0 Å². The summed E-state index contributed by atoms with van der Waals surface area (Å²) in [5.74, 6) is -0.758. The Hall–Kier alpha value is -1.81. The molecule has 1 fully saturated rings. The van der Waals surface area contributed by atoms with Crippen LogP contribution in [0.1, 0.15) is 18.1 Å². The van der Waals surface area contributed by atoms with Crippen molar-refractivity contribution in [1.29, 1.82) is 0 Å². The van der Waals surface area contributed by atoms with E-state index in [1.54, 1.807) is 18.2 Å². The van der Waals surface area contributed by atoms with Crippen molar-refractivity contribution >= 4 is 78.4 Å². The highest BCUT2D eigenvalue weighted by Crippen LogP contribution is 2.38. The topological polar surface area (TPSA) is 72.9 Å². The molecule has 1 heterocycles. The monoisotopic (exact) mass is 587 g/mol. The summed E-state index contributed by atoms with van der Waals surface area (Å²) in [5, 5.41) is -0.186. The van der Waals surface area contributed by atoms with E-state index < -0.39 is 23.2 Å². The number of benzene rings is 2. The standard InChI is InChI=1S/C21H16Br2ClNO5S/c1-11(20(27)29-2)25-19(26)17(31-21(25)28)9-13-7-15(23)18(16(24)8-13)30-10-12-3-5-14(22)6-4-12/h3-9,11H,10H2,1-2H3/b17-9+/t11-/m0/s1. The van der Waals surface area contributed by atoms with Crippen molar-refractivity contribution < 1.29 is 23.9 Å². The van der Waals surface area contributed by atoms with E-state index in [4.69, 9.17) is 16.3 Å². The summed E-state index contributed by atoms with van der Waals surface area (Å²) >= 11 is 14.0. The molecule has 0 saturated carbocycles. The van der Waals surface area contributed by atoms with Crippen molar-refractivity contribution in [2.24, 2.45) is 0 Å². The number of carbonyl (C=O) groups excluding carboxylic acids is 3. The Labute approximate surface area is 205 Å². The van der Waals surface area contributed by atoms with Gasteiger partial charge in [-0.3, -0.25) is 14.5 Å². The van der Waals surface area contributed by atoms with Crippen molar-refractivity contribution in [3.8, 4) is 5.75 Å². The predicted molar refractivity (Wildman–Crippen MR) is 127 cm³/mol. The highest BCUT2D eigenvalue weighted by atomic mass is 79.9. The van der Waals surface area contributed by atoms with Gasteiger partial charge in [0.05, 0.1) is 21.5 Å². The Bertz CT molecular complexity index is 1050. The van der Waals surface area contributed by atoms with Crippen molar-refractivity contribution in [3.05, 3.63) is 66.4 Å². The maximum absolute atomic E-state index is 12.6. The molecule has 0 unspecified atom stereocenters. The van der Waals surface area contributed by atoms with Crippen LogP contribution < -0.4 is 4.74 Å². The van der Waals surface area contributed by atoms with Gasteiger partial charge < -0.3 is 9.47 Å². The normalized spacial score (nSPS) is 16.0. The molecule has 1 aliphatic rings. The van der Waals surface area contributed by atoms with Gasteiger partial charge in [-0.15, -0.1) is 0 Å². The first-order valence-electron chi connectivity index (χ1n) is 8.92. The average molecular weight is 590 g/mol. The van der Waals surface area contributed by atoms with E-state index in [2.05, 4.69) is 36.6 Å². The Morgan fingerprint density at radius 2 is 1.90 bits per heavy atom. The molecule has 0 aliphatic carbocycles. The number of esters is 1. The minimum Gasteiger partial charge on any atom is -0.486 e. The smallest absolute Gasteiger partial charge is 0.328 e. The maximum Gasteiger partial charge on any atom is 0.328 e. The van der Waals surface area contributed by atoms with Crippen LogP contribution >= 0.6 is 55.2 Å². The first-order valence-corrected chi connectivity index (χ1v) is 11.7. The van der Waals surface area contributed by atoms with E-state index in [9.17, 15) is 14.4 Å². The second kappa shape index (κ2) is 10.2. The SMILES string of the molecule is COC(=O)[C@H](C)N1C(=O)S/C(=C/c2cc(Cl)c(OCc3ccc(Br)cc3)c(Br)c2)C1=O. The van der Waals surface area contributed by atoms with Crippen LogP contribution in [0.2, 0.25) is 5.02 Å². The second-order valence-electron chi connectivity index (χ2n) is 6.48. The summed E-state index contributed by atoms with van der Waals surface area (Å²) in [6, 6.07) is 10.1. The lowest BCUT2D eigenvalue weighted by atomic mass is 10.2. The molecule has 31 heavy (non-hydrogen) atoms. The third-order valence-corrected chi connectivity index (χ3v) is 6.65. The summed E-state index contributed by atoms with van der Waals surface area (Å²) < 4.78 is 12.0. The summed E-state index contributed by atoms with van der Waals surface area (Å²) in [5.41, 5.74) is 1.58. The summed E-state index contributed by atoms with van der Waals surface area (Å²) in [6.07, 6.45) is 1.55. The minimum absolute atomic E-state index is 0.187. The molecule has 6 nitrogen and oxygen atoms in total. The summed E-state index contributed by atoms with van der Waals surface area (Å²) in [6.45, 7) is 1.77. The van der Waals surface area contributed by atoms with Crippen LogP contribution in [0.4, 0.5) is 4.79 Å². The fourth-order valence-corrected chi connectivity index (χ4v) is 4.94. The summed E-state index contributed by atoms with van der Waals surface area (Å²) in [7, 11) is 1.20. The van der Waals surface area contributed by atoms with Crippen molar-refractivity contribution in [2.45, 2.75) is 19.6 Å². The van der Waals surface area contributed by atoms with Gasteiger partial charge in [0.15, 0.2) is 5.75 Å². The minimum atomic E-state index is -1.01. The molecule has 1 atom stereocenters. The third kappa shape index (κ3) is 5.52. The van der Waals surface area contributed by atoms with Crippen LogP contribution in [-0.4, -0.2) is 35.2 Å². The lowest BCUT2D eigenvalue weighted by Crippen LogP contribution is -2.42. The van der Waals surface area contributed by atoms with Gasteiger partial charge in [-0.25, -0.2) is 4.79 Å². The van der Waals surface area contributed by atoms with Crippen LogP contribution in [0, 0.1) is 0 Å². The van der Waals surface area contributed by atoms with Gasteiger partial charge >= 0.3 is 5.97 Å². The fourth-order valence-electron chi connectivity index (χ4n) is 2.78. The zero-order chi connectivity index (χ0) is 22.7. The number of amides is 2. The molecule has 2 aromatic rings. The number of imide groups is 1. The first-order chi connectivity index (χ1) is 14.7. The zero-order valence-corrected chi connectivity index (χ0v) is 21.1. The van der Waals surface area contributed by atoms with Gasteiger partial charge in [0, 0.05) is 4.47 Å². The fraction of sp³-hybridized carbons (Fsp3) is 0.190. The van der Waals surface area contributed by atoms with Gasteiger partial charge in [-0.1, -0.05) is 39.7 Å². The zero-order valence-electron chi connectivity index (χ0n) is 16.4. The van der Waals surface area contributed by atoms with Gasteiger partial charge in [0.25, 0.3) is 11.1 Å². The predicted octanol–water partition coefficient (Wildman–Crippen LogP) is 6.04. The van der Waals surface area contributed by atoms with Crippen LogP contribution in [0.25, 0.3) is 6.08 Å². The first kappa shape index (κ1) is 23.8. The molecule has 0 radical (unpaired) electrons. The number of methoxy groups -OCH3 is 1. The largest absolute Gasteiger partial charge is 0.486 e. The van der Waals surface area contributed by atoms with Gasteiger partial charge in [0.1, 0.15) is 12.6 Å². The molecule has 0 aromatic heterocycles. The third-order valence-electron chi connectivity index (χ3n) is 4.37.